The molecular weight excluding hydrogens is 913 g/mol. The zero-order valence-electron chi connectivity index (χ0n) is 48.3. The maximum Gasteiger partial charge on any atom is 0.306 e. The van der Waals surface area contributed by atoms with Gasteiger partial charge >= 0.3 is 17.9 Å². The Balaban J connectivity index is 4.37. The van der Waals surface area contributed by atoms with E-state index in [4.69, 9.17) is 14.2 Å². The number of ether oxygens (including phenoxy) is 3. The lowest BCUT2D eigenvalue weighted by molar-refractivity contribution is -0.167. The van der Waals surface area contributed by atoms with Crippen molar-refractivity contribution in [2.45, 2.75) is 290 Å². The molecule has 0 rings (SSSR count). The standard InChI is InChI=1S/C68H114O6/c1-4-7-10-13-16-19-22-25-28-30-31-32-33-34-35-36-37-39-40-43-46-49-52-55-58-61-67(70)73-64-65(63-72-66(69)60-57-54-51-48-45-42-27-24-21-18-15-12-9-6-3)74-68(71)62-59-56-53-50-47-44-41-38-29-26-23-20-17-14-11-8-5-2/h7,10,15-20,24-29,31-32,34-35,65H,4-6,8-9,11-14,21-23,30,33,36-64H2,1-3H3/b10-7-,18-15-,19-16-,20-17-,27-24-,28-25-,29-26-,32-31-,35-34-. The molecule has 0 saturated carbocycles. The van der Waals surface area contributed by atoms with Crippen LogP contribution in [0.15, 0.2) is 109 Å². The van der Waals surface area contributed by atoms with Crippen molar-refractivity contribution in [3.05, 3.63) is 109 Å². The third-order valence-corrected chi connectivity index (χ3v) is 13.0. The van der Waals surface area contributed by atoms with Crippen LogP contribution in [0.3, 0.4) is 0 Å². The summed E-state index contributed by atoms with van der Waals surface area (Å²) in [4.78, 5) is 38.3. The van der Waals surface area contributed by atoms with Crippen LogP contribution < -0.4 is 0 Å². The molecule has 0 aliphatic rings. The molecule has 1 atom stereocenters. The van der Waals surface area contributed by atoms with Crippen LogP contribution in [0, 0.1) is 0 Å². The number of hydrogen-bond donors (Lipinski definition) is 0. The Morgan fingerprint density at radius 2 is 0.541 bits per heavy atom. The first-order valence-corrected chi connectivity index (χ1v) is 30.9. The second-order valence-electron chi connectivity index (χ2n) is 20.2. The van der Waals surface area contributed by atoms with Crippen LogP contribution in [0.5, 0.6) is 0 Å². The van der Waals surface area contributed by atoms with Gasteiger partial charge in [0.15, 0.2) is 6.10 Å². The maximum atomic E-state index is 12.9. The van der Waals surface area contributed by atoms with Gasteiger partial charge in [0.2, 0.25) is 0 Å². The lowest BCUT2D eigenvalue weighted by atomic mass is 10.1. The van der Waals surface area contributed by atoms with E-state index in [9.17, 15) is 14.4 Å². The molecule has 0 aromatic heterocycles. The van der Waals surface area contributed by atoms with Crippen molar-refractivity contribution >= 4 is 17.9 Å². The maximum absolute atomic E-state index is 12.9. The molecule has 0 aromatic carbocycles. The second-order valence-corrected chi connectivity index (χ2v) is 20.2. The summed E-state index contributed by atoms with van der Waals surface area (Å²) in [6, 6.07) is 0. The SMILES string of the molecule is CC/C=C\C/C=C\C/C=C\C/C=C\C/C=C\CCCCCCCCCCCC(=O)OCC(COC(=O)CCCCCCC/C=C\C/C=C\CCCC)OC(=O)CCCCCCCCC/C=C\C/C=C\CCCCC. The molecule has 0 spiro atoms. The van der Waals surface area contributed by atoms with E-state index >= 15 is 0 Å². The van der Waals surface area contributed by atoms with Crippen LogP contribution in [0.1, 0.15) is 284 Å². The monoisotopic (exact) mass is 1030 g/mol. The zero-order chi connectivity index (χ0) is 53.6. The van der Waals surface area contributed by atoms with Crippen molar-refractivity contribution in [3.8, 4) is 0 Å². The van der Waals surface area contributed by atoms with E-state index < -0.39 is 6.10 Å². The summed E-state index contributed by atoms with van der Waals surface area (Å²) in [6.07, 6.45) is 83.6. The van der Waals surface area contributed by atoms with Gasteiger partial charge < -0.3 is 14.2 Å². The number of carbonyl (C=O) groups is 3. The highest BCUT2D eigenvalue weighted by molar-refractivity contribution is 5.71. The Kier molecular flexibility index (Phi) is 58.3. The smallest absolute Gasteiger partial charge is 0.306 e. The van der Waals surface area contributed by atoms with Gasteiger partial charge in [0.1, 0.15) is 13.2 Å². The second kappa shape index (κ2) is 61.6. The Labute approximate surface area is 457 Å². The molecule has 0 amide bonds. The average molecular weight is 1030 g/mol. The largest absolute Gasteiger partial charge is 0.462 e. The topological polar surface area (TPSA) is 78.9 Å². The summed E-state index contributed by atoms with van der Waals surface area (Å²) in [5.74, 6) is -0.913. The lowest BCUT2D eigenvalue weighted by Gasteiger charge is -2.18. The molecule has 0 heterocycles. The Hall–Kier alpha value is -3.93. The van der Waals surface area contributed by atoms with Gasteiger partial charge in [0.05, 0.1) is 0 Å². The van der Waals surface area contributed by atoms with E-state index in [1.165, 1.54) is 109 Å². The van der Waals surface area contributed by atoms with E-state index in [1.54, 1.807) is 0 Å². The van der Waals surface area contributed by atoms with Gasteiger partial charge in [0.25, 0.3) is 0 Å². The van der Waals surface area contributed by atoms with Crippen molar-refractivity contribution in [1.82, 2.24) is 0 Å². The molecule has 1 unspecified atom stereocenters. The van der Waals surface area contributed by atoms with Gasteiger partial charge in [-0.05, 0) is 122 Å². The summed E-state index contributed by atoms with van der Waals surface area (Å²) in [5, 5.41) is 0. The average Bonchev–Trinajstić information content (AvgIpc) is 3.40. The molecule has 0 saturated heterocycles. The number of carbonyl (C=O) groups excluding carboxylic acids is 3. The molecule has 0 bridgehead atoms. The minimum atomic E-state index is -0.793. The van der Waals surface area contributed by atoms with Crippen LogP contribution in [0.4, 0.5) is 0 Å². The van der Waals surface area contributed by atoms with Crippen molar-refractivity contribution in [1.29, 1.82) is 0 Å². The minimum absolute atomic E-state index is 0.0898. The molecule has 0 aliphatic heterocycles. The lowest BCUT2D eigenvalue weighted by Crippen LogP contribution is -2.30. The number of esters is 3. The molecule has 0 aliphatic carbocycles. The first kappa shape index (κ1) is 70.1. The minimum Gasteiger partial charge on any atom is -0.462 e. The van der Waals surface area contributed by atoms with Crippen LogP contribution in [-0.2, 0) is 28.6 Å². The summed E-state index contributed by atoms with van der Waals surface area (Å²) in [7, 11) is 0. The fourth-order valence-corrected chi connectivity index (χ4v) is 8.34. The highest BCUT2D eigenvalue weighted by Crippen LogP contribution is 2.15. The van der Waals surface area contributed by atoms with Gasteiger partial charge in [-0.1, -0.05) is 252 Å². The molecule has 0 aromatic rings. The highest BCUT2D eigenvalue weighted by atomic mass is 16.6. The van der Waals surface area contributed by atoms with Gasteiger partial charge in [0, 0.05) is 19.3 Å². The molecule has 6 nitrogen and oxygen atoms in total. The quantitative estimate of drug-likeness (QED) is 0.0261. The Morgan fingerprint density at radius 1 is 0.284 bits per heavy atom. The van der Waals surface area contributed by atoms with Crippen molar-refractivity contribution in [2.24, 2.45) is 0 Å². The Bertz CT molecular complexity index is 1510. The zero-order valence-corrected chi connectivity index (χ0v) is 48.3. The van der Waals surface area contributed by atoms with Gasteiger partial charge in [-0.3, -0.25) is 14.4 Å². The van der Waals surface area contributed by atoms with E-state index in [0.717, 1.165) is 135 Å². The van der Waals surface area contributed by atoms with E-state index in [1.807, 2.05) is 0 Å². The first-order valence-electron chi connectivity index (χ1n) is 30.9. The van der Waals surface area contributed by atoms with E-state index in [-0.39, 0.29) is 31.1 Å². The van der Waals surface area contributed by atoms with E-state index in [0.29, 0.717) is 19.3 Å². The molecule has 0 fully saturated rings. The third kappa shape index (κ3) is 59.0. The van der Waals surface area contributed by atoms with Crippen molar-refractivity contribution in [2.75, 3.05) is 13.2 Å². The molecule has 74 heavy (non-hydrogen) atoms. The van der Waals surface area contributed by atoms with Gasteiger partial charge in [-0.2, -0.15) is 0 Å². The summed E-state index contributed by atoms with van der Waals surface area (Å²) in [5.41, 5.74) is 0. The summed E-state index contributed by atoms with van der Waals surface area (Å²) < 4.78 is 16.9. The fourth-order valence-electron chi connectivity index (χ4n) is 8.34. The molecular formula is C68H114O6. The molecule has 0 radical (unpaired) electrons. The predicted octanol–water partition coefficient (Wildman–Crippen LogP) is 21.0. The van der Waals surface area contributed by atoms with E-state index in [2.05, 4.69) is 130 Å². The summed E-state index contributed by atoms with van der Waals surface area (Å²) in [6.45, 7) is 6.45. The summed E-state index contributed by atoms with van der Waals surface area (Å²) >= 11 is 0. The molecule has 6 heteroatoms. The number of rotatable bonds is 55. The highest BCUT2D eigenvalue weighted by Gasteiger charge is 2.19. The first-order chi connectivity index (χ1) is 36.5. The van der Waals surface area contributed by atoms with Crippen molar-refractivity contribution < 1.29 is 28.6 Å². The molecule has 0 N–H and O–H groups in total. The Morgan fingerprint density at radius 3 is 0.865 bits per heavy atom. The van der Waals surface area contributed by atoms with Crippen molar-refractivity contribution in [3.63, 3.8) is 0 Å². The van der Waals surface area contributed by atoms with Crippen LogP contribution in [0.2, 0.25) is 0 Å². The van der Waals surface area contributed by atoms with Crippen LogP contribution >= 0.6 is 0 Å². The third-order valence-electron chi connectivity index (χ3n) is 13.0. The number of allylic oxidation sites excluding steroid dienone is 18. The van der Waals surface area contributed by atoms with Crippen LogP contribution in [0.25, 0.3) is 0 Å². The van der Waals surface area contributed by atoms with Gasteiger partial charge in [-0.25, -0.2) is 0 Å². The number of hydrogen-bond acceptors (Lipinski definition) is 6. The number of unbranched alkanes of at least 4 members (excludes halogenated alkanes) is 26. The molecule has 422 valence electrons. The predicted molar refractivity (Wildman–Crippen MR) is 320 cm³/mol. The van der Waals surface area contributed by atoms with Crippen LogP contribution in [-0.4, -0.2) is 37.2 Å². The van der Waals surface area contributed by atoms with Gasteiger partial charge in [-0.15, -0.1) is 0 Å². The normalized spacial score (nSPS) is 12.9. The fraction of sp³-hybridized carbons (Fsp3) is 0.691.